The summed E-state index contributed by atoms with van der Waals surface area (Å²) in [6.07, 6.45) is 1.51. The average Bonchev–Trinajstić information content (AvgIpc) is 3.09. The predicted molar refractivity (Wildman–Crippen MR) is 97.4 cm³/mol. The Morgan fingerprint density at radius 3 is 2.92 bits per heavy atom. The van der Waals surface area contributed by atoms with Gasteiger partial charge in [-0.1, -0.05) is 34.1 Å². The van der Waals surface area contributed by atoms with Gasteiger partial charge in [-0.05, 0) is 35.2 Å². The van der Waals surface area contributed by atoms with Gasteiger partial charge in [0.25, 0.3) is 5.91 Å². The number of benzene rings is 1. The van der Waals surface area contributed by atoms with Crippen LogP contribution in [0.3, 0.4) is 0 Å². The van der Waals surface area contributed by atoms with E-state index in [1.54, 1.807) is 0 Å². The average molecular weight is 403 g/mol. The molecule has 120 valence electrons. The largest absolute Gasteiger partial charge is 0.346 e. The summed E-state index contributed by atoms with van der Waals surface area (Å²) in [5.41, 5.74) is 3.17. The van der Waals surface area contributed by atoms with E-state index in [1.165, 1.54) is 23.6 Å². The van der Waals surface area contributed by atoms with Crippen molar-refractivity contribution < 1.29 is 4.79 Å². The molecule has 2 heterocycles. The summed E-state index contributed by atoms with van der Waals surface area (Å²) in [6.45, 7) is 0. The molecule has 0 unspecified atom stereocenters. The second-order valence-electron chi connectivity index (χ2n) is 4.72. The number of nitrogens with zero attached hydrogens (tertiary/aromatic N) is 2. The first-order chi connectivity index (χ1) is 11.6. The highest BCUT2D eigenvalue weighted by atomic mass is 79.9. The van der Waals surface area contributed by atoms with E-state index < -0.39 is 11.6 Å². The fourth-order valence-corrected chi connectivity index (χ4v) is 3.06. The first-order valence-electron chi connectivity index (χ1n) is 6.86. The van der Waals surface area contributed by atoms with Crippen LogP contribution in [-0.2, 0) is 0 Å². The third kappa shape index (κ3) is 4.03. The molecule has 3 aromatic rings. The van der Waals surface area contributed by atoms with Crippen molar-refractivity contribution >= 4 is 39.4 Å². The number of H-pyrrole nitrogens is 1. The maximum Gasteiger partial charge on any atom is 0.346 e. The Hall–Kier alpha value is -2.58. The maximum atomic E-state index is 12.1. The molecule has 0 atom stereocenters. The van der Waals surface area contributed by atoms with Gasteiger partial charge in [-0.25, -0.2) is 10.2 Å². The van der Waals surface area contributed by atoms with Gasteiger partial charge in [0.05, 0.1) is 16.8 Å². The van der Waals surface area contributed by atoms with Gasteiger partial charge in [-0.2, -0.15) is 10.1 Å². The van der Waals surface area contributed by atoms with Gasteiger partial charge in [0.1, 0.15) is 5.69 Å². The highest BCUT2D eigenvalue weighted by molar-refractivity contribution is 9.10. The Bertz CT molecular complexity index is 951. The molecule has 0 spiro atoms. The number of nitrogens with one attached hydrogen (secondary N) is 2. The minimum Gasteiger partial charge on any atom is -0.305 e. The number of hydrogen-bond acceptors (Lipinski definition) is 5. The van der Waals surface area contributed by atoms with Crippen LogP contribution in [0.4, 0.5) is 0 Å². The first kappa shape index (κ1) is 16.3. The van der Waals surface area contributed by atoms with Gasteiger partial charge < -0.3 is 4.98 Å². The number of amides is 1. The molecule has 1 aromatic carbocycles. The number of hydrogen-bond donors (Lipinski definition) is 2. The maximum absolute atomic E-state index is 12.1. The molecule has 0 fully saturated rings. The van der Waals surface area contributed by atoms with Crippen molar-refractivity contribution in [2.45, 2.75) is 0 Å². The lowest BCUT2D eigenvalue weighted by atomic mass is 10.2. The lowest BCUT2D eigenvalue weighted by Crippen LogP contribution is -2.24. The fourth-order valence-electron chi connectivity index (χ4n) is 1.95. The molecule has 0 aliphatic carbocycles. The fraction of sp³-hybridized carbons (Fsp3) is 0. The minimum atomic E-state index is -0.581. The third-order valence-electron chi connectivity index (χ3n) is 2.99. The Labute approximate surface area is 149 Å². The molecule has 24 heavy (non-hydrogen) atoms. The van der Waals surface area contributed by atoms with Gasteiger partial charge >= 0.3 is 5.69 Å². The molecule has 0 saturated heterocycles. The number of hydrazone groups is 1. The monoisotopic (exact) mass is 402 g/mol. The molecule has 2 N–H and O–H groups in total. The quantitative estimate of drug-likeness (QED) is 0.519. The summed E-state index contributed by atoms with van der Waals surface area (Å²) in [5.74, 6) is -0.551. The molecule has 1 amide bonds. The number of halogens is 1. The summed E-state index contributed by atoms with van der Waals surface area (Å²) >= 11 is 4.82. The minimum absolute atomic E-state index is 0.00791. The Morgan fingerprint density at radius 1 is 1.29 bits per heavy atom. The van der Waals surface area contributed by atoms with E-state index in [0.29, 0.717) is 5.69 Å². The normalized spacial score (nSPS) is 10.9. The number of rotatable bonds is 4. The van der Waals surface area contributed by atoms with Crippen LogP contribution in [0.15, 0.2) is 62.2 Å². The highest BCUT2D eigenvalue weighted by Crippen LogP contribution is 2.21. The molecule has 0 saturated carbocycles. The van der Waals surface area contributed by atoms with E-state index in [-0.39, 0.29) is 5.69 Å². The van der Waals surface area contributed by atoms with Crippen LogP contribution >= 0.6 is 27.3 Å². The number of carbonyl (C=O) groups excluding carboxylic acids is 1. The Balaban J connectivity index is 1.77. The SMILES string of the molecule is O=C(N/N=C/c1cccc(Br)c1)c1cc(-c2cccs2)[nH]c(=O)n1. The van der Waals surface area contributed by atoms with E-state index in [2.05, 4.69) is 36.4 Å². The van der Waals surface area contributed by atoms with E-state index in [9.17, 15) is 9.59 Å². The predicted octanol–water partition coefficient (Wildman–Crippen LogP) is 3.02. The summed E-state index contributed by atoms with van der Waals surface area (Å²) in [7, 11) is 0. The van der Waals surface area contributed by atoms with Crippen LogP contribution in [0.5, 0.6) is 0 Å². The van der Waals surface area contributed by atoms with E-state index in [4.69, 9.17) is 0 Å². The molecule has 8 heteroatoms. The molecular formula is C16H11BrN4O2S. The summed E-state index contributed by atoms with van der Waals surface area (Å²) in [4.78, 5) is 30.9. The highest BCUT2D eigenvalue weighted by Gasteiger charge is 2.10. The lowest BCUT2D eigenvalue weighted by Gasteiger charge is -2.02. The van der Waals surface area contributed by atoms with E-state index in [0.717, 1.165) is 14.9 Å². The zero-order valence-electron chi connectivity index (χ0n) is 12.2. The van der Waals surface area contributed by atoms with Crippen molar-refractivity contribution in [1.29, 1.82) is 0 Å². The zero-order valence-corrected chi connectivity index (χ0v) is 14.6. The lowest BCUT2D eigenvalue weighted by molar-refractivity contribution is 0.0949. The van der Waals surface area contributed by atoms with Crippen LogP contribution < -0.4 is 11.1 Å². The third-order valence-corrected chi connectivity index (χ3v) is 4.39. The van der Waals surface area contributed by atoms with Gasteiger partial charge in [-0.15, -0.1) is 11.3 Å². The summed E-state index contributed by atoms with van der Waals surface area (Å²) in [6, 6.07) is 12.7. The summed E-state index contributed by atoms with van der Waals surface area (Å²) < 4.78 is 0.912. The molecule has 0 bridgehead atoms. The van der Waals surface area contributed by atoms with E-state index in [1.807, 2.05) is 41.8 Å². The smallest absolute Gasteiger partial charge is 0.305 e. The number of thiophene rings is 1. The second-order valence-corrected chi connectivity index (χ2v) is 6.58. The topological polar surface area (TPSA) is 87.2 Å². The number of carbonyl (C=O) groups is 1. The standard InChI is InChI=1S/C16H11BrN4O2S/c17-11-4-1-3-10(7-11)9-18-21-15(22)13-8-12(19-16(23)20-13)14-5-2-6-24-14/h1-9H,(H,21,22)(H,19,20,23)/b18-9+. The van der Waals surface area contributed by atoms with Crippen molar-refractivity contribution in [3.63, 3.8) is 0 Å². The van der Waals surface area contributed by atoms with Gasteiger partial charge in [0.15, 0.2) is 0 Å². The van der Waals surface area contributed by atoms with Crippen molar-refractivity contribution in [3.05, 3.63) is 74.1 Å². The molecule has 6 nitrogen and oxygen atoms in total. The number of aromatic amines is 1. The van der Waals surface area contributed by atoms with Crippen molar-refractivity contribution in [3.8, 4) is 10.6 Å². The van der Waals surface area contributed by atoms with Gasteiger partial charge in [0.2, 0.25) is 0 Å². The van der Waals surface area contributed by atoms with Crippen LogP contribution in [0.2, 0.25) is 0 Å². The molecule has 0 radical (unpaired) electrons. The van der Waals surface area contributed by atoms with Crippen LogP contribution in [0.1, 0.15) is 16.1 Å². The van der Waals surface area contributed by atoms with Gasteiger partial charge in [-0.3, -0.25) is 4.79 Å². The van der Waals surface area contributed by atoms with Gasteiger partial charge in [0, 0.05) is 4.47 Å². The molecule has 3 rings (SSSR count). The second kappa shape index (κ2) is 7.33. The Morgan fingerprint density at radius 2 is 2.17 bits per heavy atom. The zero-order chi connectivity index (χ0) is 16.9. The number of aromatic nitrogens is 2. The molecule has 2 aromatic heterocycles. The first-order valence-corrected chi connectivity index (χ1v) is 8.53. The Kier molecular flexibility index (Phi) is 4.97. The van der Waals surface area contributed by atoms with Crippen molar-refractivity contribution in [2.24, 2.45) is 5.10 Å². The van der Waals surface area contributed by atoms with E-state index >= 15 is 0 Å². The van der Waals surface area contributed by atoms with Crippen LogP contribution in [0.25, 0.3) is 10.6 Å². The van der Waals surface area contributed by atoms with Crippen molar-refractivity contribution in [2.75, 3.05) is 0 Å². The summed E-state index contributed by atoms with van der Waals surface area (Å²) in [5, 5.41) is 5.77. The molecule has 0 aliphatic rings. The van der Waals surface area contributed by atoms with Crippen LogP contribution in [-0.4, -0.2) is 22.1 Å². The van der Waals surface area contributed by atoms with Crippen molar-refractivity contribution in [1.82, 2.24) is 15.4 Å². The van der Waals surface area contributed by atoms with Crippen LogP contribution in [0, 0.1) is 0 Å². The molecule has 0 aliphatic heterocycles. The molecular weight excluding hydrogens is 392 g/mol.